The molecular weight excluding hydrogens is 437 g/mol. The molecule has 8 heteroatoms. The van der Waals surface area contributed by atoms with Crippen molar-refractivity contribution in [2.24, 2.45) is 0 Å². The molecule has 3 rings (SSSR count). The molecule has 0 N–H and O–H groups in total. The number of ether oxygens (including phenoxy) is 1. The van der Waals surface area contributed by atoms with Crippen LogP contribution < -0.4 is 4.74 Å². The Balaban J connectivity index is 1.73. The molecule has 0 saturated carbocycles. The summed E-state index contributed by atoms with van der Waals surface area (Å²) in [6.07, 6.45) is 1.80. The lowest BCUT2D eigenvalue weighted by atomic mass is 10.2. The number of nitrogens with zero attached hydrogens (tertiary/aromatic N) is 3. The van der Waals surface area contributed by atoms with Crippen molar-refractivity contribution in [3.05, 3.63) is 81.1 Å². The monoisotopic (exact) mass is 453 g/mol. The Morgan fingerprint density at radius 3 is 2.54 bits per heavy atom. The Labute approximate surface area is 183 Å². The van der Waals surface area contributed by atoms with Crippen molar-refractivity contribution < 1.29 is 4.74 Å². The first-order valence-corrected chi connectivity index (χ1v) is 10.6. The average molecular weight is 455 g/mol. The van der Waals surface area contributed by atoms with E-state index in [0.29, 0.717) is 33.2 Å². The van der Waals surface area contributed by atoms with Crippen molar-refractivity contribution in [3.8, 4) is 5.75 Å². The summed E-state index contributed by atoms with van der Waals surface area (Å²) in [5.41, 5.74) is 1.83. The Bertz CT molecular complexity index is 971. The summed E-state index contributed by atoms with van der Waals surface area (Å²) < 4.78 is 7.82. The highest BCUT2D eigenvalue weighted by Crippen LogP contribution is 2.31. The van der Waals surface area contributed by atoms with E-state index in [2.05, 4.69) is 16.8 Å². The van der Waals surface area contributed by atoms with Gasteiger partial charge < -0.3 is 4.74 Å². The normalized spacial score (nSPS) is 10.9. The maximum atomic E-state index is 6.26. The maximum absolute atomic E-state index is 6.26. The molecule has 1 heterocycles. The average Bonchev–Trinajstić information content (AvgIpc) is 3.04. The van der Waals surface area contributed by atoms with Crippen molar-refractivity contribution in [2.45, 2.75) is 31.0 Å². The van der Waals surface area contributed by atoms with Gasteiger partial charge in [0.05, 0.1) is 0 Å². The third-order valence-electron chi connectivity index (χ3n) is 4.01. The Morgan fingerprint density at radius 1 is 1.11 bits per heavy atom. The van der Waals surface area contributed by atoms with Crippen LogP contribution in [0.3, 0.4) is 0 Å². The molecule has 2 aromatic carbocycles. The number of rotatable bonds is 8. The van der Waals surface area contributed by atoms with Gasteiger partial charge in [-0.25, -0.2) is 0 Å². The molecule has 0 atom stereocenters. The molecule has 0 fully saturated rings. The molecule has 0 amide bonds. The zero-order valence-corrected chi connectivity index (χ0v) is 18.2. The maximum Gasteiger partial charge on any atom is 0.191 e. The minimum atomic E-state index is 0.287. The molecule has 0 saturated heterocycles. The van der Waals surface area contributed by atoms with E-state index in [4.69, 9.17) is 39.5 Å². The Kier molecular flexibility index (Phi) is 7.30. The number of thioether (sulfide) groups is 1. The van der Waals surface area contributed by atoms with Gasteiger partial charge in [0.1, 0.15) is 12.4 Å². The standard InChI is InChI=1S/C20H18Cl3N3OS/c1-3-9-26-19(11-27-14-7-8-16(21)13(2)10-14)24-25-20(26)28-12-15-17(22)5-4-6-18(15)23/h3-8,10H,1,9,11-12H2,2H3. The summed E-state index contributed by atoms with van der Waals surface area (Å²) in [5.74, 6) is 2.03. The topological polar surface area (TPSA) is 39.9 Å². The highest BCUT2D eigenvalue weighted by atomic mass is 35.5. The number of hydrogen-bond donors (Lipinski definition) is 0. The lowest BCUT2D eigenvalue weighted by molar-refractivity contribution is 0.289. The predicted octanol–water partition coefficient (Wildman–Crippen LogP) is 6.60. The number of hydrogen-bond acceptors (Lipinski definition) is 4. The van der Waals surface area contributed by atoms with Crippen LogP contribution in [-0.2, 0) is 18.9 Å². The van der Waals surface area contributed by atoms with Gasteiger partial charge in [-0.15, -0.1) is 16.8 Å². The molecule has 0 unspecified atom stereocenters. The summed E-state index contributed by atoms with van der Waals surface area (Å²) in [4.78, 5) is 0. The van der Waals surface area contributed by atoms with E-state index in [1.165, 1.54) is 11.8 Å². The van der Waals surface area contributed by atoms with Crippen LogP contribution in [0.1, 0.15) is 17.0 Å². The van der Waals surface area contributed by atoms with E-state index in [-0.39, 0.29) is 6.61 Å². The van der Waals surface area contributed by atoms with E-state index in [1.54, 1.807) is 6.08 Å². The van der Waals surface area contributed by atoms with Gasteiger partial charge in [-0.1, -0.05) is 58.7 Å². The minimum absolute atomic E-state index is 0.287. The molecule has 1 aromatic heterocycles. The molecule has 28 heavy (non-hydrogen) atoms. The fraction of sp³-hybridized carbons (Fsp3) is 0.200. The molecule has 0 bridgehead atoms. The van der Waals surface area contributed by atoms with Crippen molar-refractivity contribution in [3.63, 3.8) is 0 Å². The zero-order chi connectivity index (χ0) is 20.1. The summed E-state index contributed by atoms with van der Waals surface area (Å²) >= 11 is 20.1. The van der Waals surface area contributed by atoms with E-state index in [0.717, 1.165) is 22.0 Å². The molecular formula is C20H18Cl3N3OS. The van der Waals surface area contributed by atoms with Crippen molar-refractivity contribution >= 4 is 46.6 Å². The van der Waals surface area contributed by atoms with Gasteiger partial charge in [0.15, 0.2) is 11.0 Å². The lowest BCUT2D eigenvalue weighted by Gasteiger charge is -2.10. The first-order chi connectivity index (χ1) is 13.5. The van der Waals surface area contributed by atoms with Crippen LogP contribution in [0.2, 0.25) is 15.1 Å². The fourth-order valence-electron chi connectivity index (χ4n) is 2.51. The first kappa shape index (κ1) is 21.1. The quantitative estimate of drug-likeness (QED) is 0.284. The van der Waals surface area contributed by atoms with Gasteiger partial charge in [0.25, 0.3) is 0 Å². The molecule has 0 aliphatic rings. The molecule has 146 valence electrons. The lowest BCUT2D eigenvalue weighted by Crippen LogP contribution is -2.07. The number of halogens is 3. The molecule has 0 radical (unpaired) electrons. The van der Waals surface area contributed by atoms with Crippen molar-refractivity contribution in [1.29, 1.82) is 0 Å². The van der Waals surface area contributed by atoms with E-state index in [1.807, 2.05) is 47.9 Å². The highest BCUT2D eigenvalue weighted by molar-refractivity contribution is 7.98. The number of aryl methyl sites for hydroxylation is 1. The van der Waals surface area contributed by atoms with Crippen LogP contribution in [0.5, 0.6) is 5.75 Å². The molecule has 0 spiro atoms. The highest BCUT2D eigenvalue weighted by Gasteiger charge is 2.14. The SMILES string of the molecule is C=CCn1c(COc2ccc(Cl)c(C)c2)nnc1SCc1c(Cl)cccc1Cl. The van der Waals surface area contributed by atoms with Crippen LogP contribution in [0.25, 0.3) is 0 Å². The van der Waals surface area contributed by atoms with Gasteiger partial charge in [0, 0.05) is 27.4 Å². The van der Waals surface area contributed by atoms with Crippen LogP contribution in [0, 0.1) is 6.92 Å². The predicted molar refractivity (Wildman–Crippen MR) is 117 cm³/mol. The van der Waals surface area contributed by atoms with E-state index >= 15 is 0 Å². The molecule has 4 nitrogen and oxygen atoms in total. The fourth-order valence-corrected chi connectivity index (χ4v) is 4.33. The number of benzene rings is 2. The number of allylic oxidation sites excluding steroid dienone is 1. The number of aromatic nitrogens is 3. The second-order valence-corrected chi connectivity index (χ2v) is 8.15. The van der Waals surface area contributed by atoms with Gasteiger partial charge >= 0.3 is 0 Å². The van der Waals surface area contributed by atoms with Gasteiger partial charge in [-0.2, -0.15) is 0 Å². The van der Waals surface area contributed by atoms with Crippen LogP contribution in [-0.4, -0.2) is 14.8 Å². The van der Waals surface area contributed by atoms with Crippen LogP contribution >= 0.6 is 46.6 Å². The third-order valence-corrected chi connectivity index (χ3v) is 6.14. The van der Waals surface area contributed by atoms with Crippen LogP contribution in [0.4, 0.5) is 0 Å². The van der Waals surface area contributed by atoms with Gasteiger partial charge in [-0.3, -0.25) is 4.57 Å². The molecule has 3 aromatic rings. The molecule has 0 aliphatic carbocycles. The molecule has 0 aliphatic heterocycles. The summed E-state index contributed by atoms with van der Waals surface area (Å²) in [6.45, 7) is 6.62. The Hall–Kier alpha value is -1.66. The van der Waals surface area contributed by atoms with Gasteiger partial charge in [0.2, 0.25) is 0 Å². The van der Waals surface area contributed by atoms with Gasteiger partial charge in [-0.05, 0) is 48.4 Å². The summed E-state index contributed by atoms with van der Waals surface area (Å²) in [7, 11) is 0. The largest absolute Gasteiger partial charge is 0.486 e. The smallest absolute Gasteiger partial charge is 0.191 e. The summed E-state index contributed by atoms with van der Waals surface area (Å²) in [6, 6.07) is 11.0. The van der Waals surface area contributed by atoms with E-state index < -0.39 is 0 Å². The van der Waals surface area contributed by atoms with Crippen molar-refractivity contribution in [1.82, 2.24) is 14.8 Å². The second-order valence-electron chi connectivity index (χ2n) is 5.99. The Morgan fingerprint density at radius 2 is 1.86 bits per heavy atom. The first-order valence-electron chi connectivity index (χ1n) is 8.47. The van der Waals surface area contributed by atoms with Crippen molar-refractivity contribution in [2.75, 3.05) is 0 Å². The third kappa shape index (κ3) is 5.03. The summed E-state index contributed by atoms with van der Waals surface area (Å²) in [5, 5.41) is 11.3. The zero-order valence-electron chi connectivity index (χ0n) is 15.2. The second kappa shape index (κ2) is 9.70. The van der Waals surface area contributed by atoms with E-state index in [9.17, 15) is 0 Å². The minimum Gasteiger partial charge on any atom is -0.486 e. The van der Waals surface area contributed by atoms with Crippen LogP contribution in [0.15, 0.2) is 54.2 Å².